The Morgan fingerprint density at radius 3 is 2.62 bits per heavy atom. The van der Waals surface area contributed by atoms with Crippen molar-refractivity contribution in [1.29, 1.82) is 0 Å². The Labute approximate surface area is 182 Å². The van der Waals surface area contributed by atoms with Crippen LogP contribution in [0.5, 0.6) is 0 Å². The summed E-state index contributed by atoms with van der Waals surface area (Å²) in [6.07, 6.45) is 5.37. The van der Waals surface area contributed by atoms with Crippen molar-refractivity contribution >= 4 is 45.9 Å². The predicted octanol–water partition coefficient (Wildman–Crippen LogP) is 4.04. The third-order valence-corrected chi connectivity index (χ3v) is 5.33. The lowest BCUT2D eigenvalue weighted by atomic mass is 9.94. The van der Waals surface area contributed by atoms with Crippen LogP contribution < -0.4 is 10.6 Å². The molecule has 0 atom stereocenters. The van der Waals surface area contributed by atoms with Gasteiger partial charge in [0.2, 0.25) is 0 Å². The van der Waals surface area contributed by atoms with Crippen LogP contribution >= 0.6 is 39.9 Å². The topological polar surface area (TPSA) is 39.7 Å². The van der Waals surface area contributed by atoms with Gasteiger partial charge in [-0.2, -0.15) is 0 Å². The zero-order valence-corrected chi connectivity index (χ0v) is 19.6. The third kappa shape index (κ3) is 8.52. The van der Waals surface area contributed by atoms with Gasteiger partial charge in [-0.1, -0.05) is 22.0 Å². The van der Waals surface area contributed by atoms with Crippen molar-refractivity contribution in [2.45, 2.75) is 32.1 Å². The molecule has 2 rings (SSSR count). The summed E-state index contributed by atoms with van der Waals surface area (Å²) < 4.78 is 14.6. The molecule has 0 radical (unpaired) electrons. The van der Waals surface area contributed by atoms with Gasteiger partial charge in [-0.05, 0) is 75.9 Å². The number of hydrogen-bond acceptors (Lipinski definition) is 2. The van der Waals surface area contributed by atoms with E-state index in [2.05, 4.69) is 43.5 Å². The Morgan fingerprint density at radius 2 is 1.96 bits per heavy atom. The zero-order valence-electron chi connectivity index (χ0n) is 15.7. The van der Waals surface area contributed by atoms with Gasteiger partial charge in [0.15, 0.2) is 5.96 Å². The largest absolute Gasteiger partial charge is 0.356 e. The van der Waals surface area contributed by atoms with Crippen molar-refractivity contribution in [3.63, 3.8) is 0 Å². The molecule has 0 spiro atoms. The van der Waals surface area contributed by atoms with Crippen LogP contribution in [-0.2, 0) is 6.42 Å². The molecular weight excluding hydrogens is 510 g/mol. The first-order valence-electron chi connectivity index (χ1n) is 9.15. The van der Waals surface area contributed by atoms with Crippen LogP contribution in [0.1, 0.15) is 31.2 Å². The summed E-state index contributed by atoms with van der Waals surface area (Å²) in [5, 5.41) is 6.70. The highest BCUT2D eigenvalue weighted by atomic mass is 127. The average molecular weight is 541 g/mol. The van der Waals surface area contributed by atoms with Crippen molar-refractivity contribution in [1.82, 2.24) is 15.5 Å². The monoisotopic (exact) mass is 540 g/mol. The van der Waals surface area contributed by atoms with Crippen LogP contribution in [0.15, 0.2) is 27.7 Å². The van der Waals surface area contributed by atoms with E-state index in [1.54, 1.807) is 7.05 Å². The second-order valence-electron chi connectivity index (χ2n) is 6.80. The van der Waals surface area contributed by atoms with Crippen molar-refractivity contribution in [2.75, 3.05) is 40.3 Å². The lowest BCUT2D eigenvalue weighted by Crippen LogP contribution is -2.39. The second kappa shape index (κ2) is 12.9. The van der Waals surface area contributed by atoms with E-state index in [0.717, 1.165) is 47.8 Å². The fourth-order valence-corrected chi connectivity index (χ4v) is 3.51. The smallest absolute Gasteiger partial charge is 0.190 e. The number of halogens is 3. The van der Waals surface area contributed by atoms with Crippen LogP contribution in [-0.4, -0.2) is 51.1 Å². The maximum absolute atomic E-state index is 13.8. The minimum Gasteiger partial charge on any atom is -0.356 e. The van der Waals surface area contributed by atoms with E-state index < -0.39 is 0 Å². The maximum atomic E-state index is 13.8. The van der Waals surface area contributed by atoms with Gasteiger partial charge in [0.05, 0.1) is 0 Å². The Kier molecular flexibility index (Phi) is 11.7. The maximum Gasteiger partial charge on any atom is 0.190 e. The van der Waals surface area contributed by atoms with Gasteiger partial charge in [-0.15, -0.1) is 24.0 Å². The number of nitrogens with one attached hydrogen (secondary N) is 2. The number of likely N-dealkylation sites (tertiary alicyclic amines) is 1. The summed E-state index contributed by atoms with van der Waals surface area (Å²) in [5.74, 6) is 1.52. The van der Waals surface area contributed by atoms with E-state index in [9.17, 15) is 4.39 Å². The Hall–Kier alpha value is -0.410. The molecule has 0 bridgehead atoms. The van der Waals surface area contributed by atoms with E-state index in [1.807, 2.05) is 12.1 Å². The molecule has 1 heterocycles. The van der Waals surface area contributed by atoms with Gasteiger partial charge >= 0.3 is 0 Å². The quantitative estimate of drug-likeness (QED) is 0.237. The first kappa shape index (κ1) is 23.6. The lowest BCUT2D eigenvalue weighted by molar-refractivity contribution is 0.213. The third-order valence-electron chi connectivity index (χ3n) is 4.84. The van der Waals surface area contributed by atoms with Gasteiger partial charge in [-0.25, -0.2) is 4.39 Å². The molecule has 0 aliphatic carbocycles. The van der Waals surface area contributed by atoms with Crippen molar-refractivity contribution in [3.8, 4) is 0 Å². The van der Waals surface area contributed by atoms with E-state index >= 15 is 0 Å². The number of aliphatic imine (C=N–C) groups is 1. The minimum atomic E-state index is -0.144. The Balaban J connectivity index is 0.00000338. The Bertz CT molecular complexity index is 562. The lowest BCUT2D eigenvalue weighted by Gasteiger charge is -2.29. The van der Waals surface area contributed by atoms with Crippen LogP contribution in [0.2, 0.25) is 0 Å². The number of benzene rings is 1. The Morgan fingerprint density at radius 1 is 1.27 bits per heavy atom. The highest BCUT2D eigenvalue weighted by Gasteiger charge is 2.16. The summed E-state index contributed by atoms with van der Waals surface area (Å²) in [5.41, 5.74) is 0.759. The predicted molar refractivity (Wildman–Crippen MR) is 122 cm³/mol. The molecule has 2 N–H and O–H groups in total. The molecule has 4 nitrogen and oxygen atoms in total. The fraction of sp³-hybridized carbons (Fsp3) is 0.632. The molecule has 26 heavy (non-hydrogen) atoms. The molecule has 1 aromatic rings. The van der Waals surface area contributed by atoms with Crippen LogP contribution in [0, 0.1) is 11.7 Å². The number of rotatable bonds is 7. The molecule has 0 aromatic heterocycles. The summed E-state index contributed by atoms with van der Waals surface area (Å²) in [6.45, 7) is 4.16. The van der Waals surface area contributed by atoms with Gasteiger partial charge in [0.25, 0.3) is 0 Å². The van der Waals surface area contributed by atoms with Crippen LogP contribution in [0.4, 0.5) is 4.39 Å². The molecule has 148 valence electrons. The summed E-state index contributed by atoms with van der Waals surface area (Å²) >= 11 is 3.28. The highest BCUT2D eigenvalue weighted by Crippen LogP contribution is 2.18. The van der Waals surface area contributed by atoms with Gasteiger partial charge in [0, 0.05) is 24.6 Å². The first-order valence-corrected chi connectivity index (χ1v) is 9.94. The van der Waals surface area contributed by atoms with Gasteiger partial charge in [0.1, 0.15) is 5.82 Å². The zero-order chi connectivity index (χ0) is 18.1. The molecule has 0 saturated carbocycles. The normalized spacial score (nSPS) is 16.2. The fourth-order valence-electron chi connectivity index (χ4n) is 3.18. The minimum absolute atomic E-state index is 0. The van der Waals surface area contributed by atoms with Gasteiger partial charge in [-0.3, -0.25) is 4.99 Å². The number of guanidine groups is 1. The number of aryl methyl sites for hydroxylation is 1. The molecule has 1 aromatic carbocycles. The molecule has 1 fully saturated rings. The van der Waals surface area contributed by atoms with Crippen LogP contribution in [0.25, 0.3) is 0 Å². The SMILES string of the molecule is CN=C(NCCCc1ccc(Br)cc1F)NCCC1CCN(C)CC1.I. The van der Waals surface area contributed by atoms with E-state index in [-0.39, 0.29) is 29.8 Å². The molecule has 0 amide bonds. The van der Waals surface area contributed by atoms with E-state index in [0.29, 0.717) is 0 Å². The summed E-state index contributed by atoms with van der Waals surface area (Å²) in [4.78, 5) is 6.66. The van der Waals surface area contributed by atoms with Gasteiger partial charge < -0.3 is 15.5 Å². The molecule has 1 saturated heterocycles. The van der Waals surface area contributed by atoms with E-state index in [1.165, 1.54) is 38.4 Å². The standard InChI is InChI=1S/C19H30BrFN4.HI/c1-22-19(24-11-7-15-8-12-25(2)13-9-15)23-10-3-4-16-5-6-17(20)14-18(16)21;/h5-6,14-15H,3-4,7-13H2,1-2H3,(H2,22,23,24);1H. The second-order valence-corrected chi connectivity index (χ2v) is 7.72. The molecule has 1 aliphatic rings. The van der Waals surface area contributed by atoms with Crippen LogP contribution in [0.3, 0.4) is 0 Å². The molecule has 0 unspecified atom stereocenters. The average Bonchev–Trinajstić information content (AvgIpc) is 2.60. The van der Waals surface area contributed by atoms with Crippen molar-refractivity contribution in [3.05, 3.63) is 34.1 Å². The van der Waals surface area contributed by atoms with Crippen molar-refractivity contribution < 1.29 is 4.39 Å². The number of nitrogens with zero attached hydrogens (tertiary/aromatic N) is 2. The molecule has 1 aliphatic heterocycles. The number of hydrogen-bond donors (Lipinski definition) is 2. The van der Waals surface area contributed by atoms with E-state index in [4.69, 9.17) is 0 Å². The highest BCUT2D eigenvalue weighted by molar-refractivity contribution is 14.0. The molecular formula is C19H31BrFIN4. The summed E-state index contributed by atoms with van der Waals surface area (Å²) in [6, 6.07) is 5.25. The first-order chi connectivity index (χ1) is 12.1. The number of piperidine rings is 1. The molecule has 7 heteroatoms. The van der Waals surface area contributed by atoms with Crippen molar-refractivity contribution in [2.24, 2.45) is 10.9 Å². The summed E-state index contributed by atoms with van der Waals surface area (Å²) in [7, 11) is 3.99.